The highest BCUT2D eigenvalue weighted by Gasteiger charge is 1.99. The molecule has 0 fully saturated rings. The lowest BCUT2D eigenvalue weighted by atomic mass is 10.0. The number of aryl methyl sites for hydroxylation is 1. The SMILES string of the molecule is Cc1cccc(-c2ccc(CNCCC(C)C)cc2)c1. The molecule has 0 unspecified atom stereocenters. The molecule has 0 aliphatic rings. The predicted molar refractivity (Wildman–Crippen MR) is 87.8 cm³/mol. The van der Waals surface area contributed by atoms with Crippen LogP contribution in [0.2, 0.25) is 0 Å². The van der Waals surface area contributed by atoms with Crippen LogP contribution in [0.15, 0.2) is 48.5 Å². The van der Waals surface area contributed by atoms with Gasteiger partial charge in [-0.05, 0) is 42.5 Å². The van der Waals surface area contributed by atoms with Gasteiger partial charge in [-0.2, -0.15) is 0 Å². The number of hydrogen-bond donors (Lipinski definition) is 1. The topological polar surface area (TPSA) is 12.0 Å². The Kier molecular flexibility index (Phi) is 5.37. The molecular formula is C19H25N. The van der Waals surface area contributed by atoms with Gasteiger partial charge < -0.3 is 5.32 Å². The molecule has 2 rings (SSSR count). The van der Waals surface area contributed by atoms with Gasteiger partial charge in [0.2, 0.25) is 0 Å². The zero-order valence-electron chi connectivity index (χ0n) is 12.8. The molecule has 0 bridgehead atoms. The minimum atomic E-state index is 0.770. The average molecular weight is 267 g/mol. The Morgan fingerprint density at radius 3 is 2.35 bits per heavy atom. The molecule has 0 saturated heterocycles. The molecule has 0 spiro atoms. The monoisotopic (exact) mass is 267 g/mol. The van der Waals surface area contributed by atoms with Crippen molar-refractivity contribution in [3.63, 3.8) is 0 Å². The molecule has 0 heterocycles. The van der Waals surface area contributed by atoms with Crippen molar-refractivity contribution in [2.24, 2.45) is 5.92 Å². The molecule has 1 heteroatoms. The minimum absolute atomic E-state index is 0.770. The summed E-state index contributed by atoms with van der Waals surface area (Å²) in [6.07, 6.45) is 1.24. The lowest BCUT2D eigenvalue weighted by Gasteiger charge is -2.08. The molecule has 0 aliphatic carbocycles. The molecule has 1 N–H and O–H groups in total. The van der Waals surface area contributed by atoms with Crippen molar-refractivity contribution in [2.75, 3.05) is 6.54 Å². The van der Waals surface area contributed by atoms with Crippen molar-refractivity contribution in [1.29, 1.82) is 0 Å². The van der Waals surface area contributed by atoms with E-state index in [9.17, 15) is 0 Å². The summed E-state index contributed by atoms with van der Waals surface area (Å²) in [6.45, 7) is 8.71. The van der Waals surface area contributed by atoms with Gasteiger partial charge >= 0.3 is 0 Å². The average Bonchev–Trinajstić information content (AvgIpc) is 2.44. The van der Waals surface area contributed by atoms with Crippen LogP contribution >= 0.6 is 0 Å². The Morgan fingerprint density at radius 2 is 1.70 bits per heavy atom. The van der Waals surface area contributed by atoms with Gasteiger partial charge in [-0.25, -0.2) is 0 Å². The van der Waals surface area contributed by atoms with Crippen molar-refractivity contribution < 1.29 is 0 Å². The van der Waals surface area contributed by atoms with Crippen LogP contribution in [-0.4, -0.2) is 6.54 Å². The van der Waals surface area contributed by atoms with Gasteiger partial charge in [0.25, 0.3) is 0 Å². The first-order chi connectivity index (χ1) is 9.65. The molecule has 106 valence electrons. The lowest BCUT2D eigenvalue weighted by Crippen LogP contribution is -2.16. The van der Waals surface area contributed by atoms with Crippen molar-refractivity contribution in [3.8, 4) is 11.1 Å². The maximum absolute atomic E-state index is 3.50. The Labute approximate surface area is 123 Å². The molecule has 0 radical (unpaired) electrons. The first-order valence-electron chi connectivity index (χ1n) is 7.52. The standard InChI is InChI=1S/C19H25N/c1-15(2)11-12-20-14-17-7-9-18(10-8-17)19-6-4-5-16(3)13-19/h4-10,13,15,20H,11-12,14H2,1-3H3. The quantitative estimate of drug-likeness (QED) is 0.741. The molecule has 20 heavy (non-hydrogen) atoms. The van der Waals surface area contributed by atoms with Gasteiger partial charge in [-0.15, -0.1) is 0 Å². The van der Waals surface area contributed by atoms with Crippen LogP contribution in [0.1, 0.15) is 31.4 Å². The summed E-state index contributed by atoms with van der Waals surface area (Å²) < 4.78 is 0. The van der Waals surface area contributed by atoms with E-state index in [2.05, 4.69) is 74.6 Å². The lowest BCUT2D eigenvalue weighted by molar-refractivity contribution is 0.537. The van der Waals surface area contributed by atoms with Crippen molar-refractivity contribution in [3.05, 3.63) is 59.7 Å². The first-order valence-corrected chi connectivity index (χ1v) is 7.52. The van der Waals surface area contributed by atoms with E-state index in [0.717, 1.165) is 19.0 Å². The van der Waals surface area contributed by atoms with E-state index in [4.69, 9.17) is 0 Å². The van der Waals surface area contributed by atoms with Gasteiger partial charge in [0.15, 0.2) is 0 Å². The maximum atomic E-state index is 3.50. The van der Waals surface area contributed by atoms with Crippen LogP contribution in [0.3, 0.4) is 0 Å². The van der Waals surface area contributed by atoms with E-state index in [1.54, 1.807) is 0 Å². The van der Waals surface area contributed by atoms with E-state index in [0.29, 0.717) is 0 Å². The van der Waals surface area contributed by atoms with Crippen molar-refractivity contribution in [2.45, 2.75) is 33.7 Å². The molecule has 0 saturated carbocycles. The highest BCUT2D eigenvalue weighted by Crippen LogP contribution is 2.20. The highest BCUT2D eigenvalue weighted by atomic mass is 14.8. The van der Waals surface area contributed by atoms with Gasteiger partial charge in [-0.3, -0.25) is 0 Å². The summed E-state index contributed by atoms with van der Waals surface area (Å²) in [5.74, 6) is 0.770. The molecule has 0 atom stereocenters. The fraction of sp³-hybridized carbons (Fsp3) is 0.368. The van der Waals surface area contributed by atoms with Crippen LogP contribution in [0, 0.1) is 12.8 Å². The highest BCUT2D eigenvalue weighted by molar-refractivity contribution is 5.64. The van der Waals surface area contributed by atoms with Gasteiger partial charge in [-0.1, -0.05) is 67.9 Å². The summed E-state index contributed by atoms with van der Waals surface area (Å²) in [4.78, 5) is 0. The maximum Gasteiger partial charge on any atom is 0.0205 e. The third-order valence-electron chi connectivity index (χ3n) is 3.53. The second-order valence-electron chi connectivity index (χ2n) is 5.93. The first kappa shape index (κ1) is 14.8. The van der Waals surface area contributed by atoms with Crippen LogP contribution in [-0.2, 0) is 6.54 Å². The fourth-order valence-electron chi connectivity index (χ4n) is 2.26. The summed E-state index contributed by atoms with van der Waals surface area (Å²) in [5, 5.41) is 3.50. The predicted octanol–water partition coefficient (Wildman–Crippen LogP) is 4.80. The van der Waals surface area contributed by atoms with Crippen molar-refractivity contribution >= 4 is 0 Å². The second kappa shape index (κ2) is 7.25. The number of nitrogens with one attached hydrogen (secondary N) is 1. The van der Waals surface area contributed by atoms with E-state index in [1.165, 1.54) is 28.7 Å². The Morgan fingerprint density at radius 1 is 0.950 bits per heavy atom. The zero-order valence-corrected chi connectivity index (χ0v) is 12.8. The largest absolute Gasteiger partial charge is 0.313 e. The second-order valence-corrected chi connectivity index (χ2v) is 5.93. The van der Waals surface area contributed by atoms with E-state index in [1.807, 2.05) is 0 Å². The van der Waals surface area contributed by atoms with Crippen LogP contribution in [0.25, 0.3) is 11.1 Å². The zero-order chi connectivity index (χ0) is 14.4. The van der Waals surface area contributed by atoms with Gasteiger partial charge in [0, 0.05) is 6.54 Å². The summed E-state index contributed by atoms with van der Waals surface area (Å²) in [5.41, 5.74) is 5.25. The summed E-state index contributed by atoms with van der Waals surface area (Å²) in [6, 6.07) is 17.5. The number of rotatable bonds is 6. The summed E-state index contributed by atoms with van der Waals surface area (Å²) >= 11 is 0. The summed E-state index contributed by atoms with van der Waals surface area (Å²) in [7, 11) is 0. The normalized spacial score (nSPS) is 11.0. The van der Waals surface area contributed by atoms with Crippen LogP contribution in [0.4, 0.5) is 0 Å². The van der Waals surface area contributed by atoms with Gasteiger partial charge in [0.05, 0.1) is 0 Å². The van der Waals surface area contributed by atoms with Gasteiger partial charge in [0.1, 0.15) is 0 Å². The van der Waals surface area contributed by atoms with Crippen molar-refractivity contribution in [1.82, 2.24) is 5.32 Å². The van der Waals surface area contributed by atoms with E-state index in [-0.39, 0.29) is 0 Å². The molecule has 2 aromatic carbocycles. The fourth-order valence-corrected chi connectivity index (χ4v) is 2.26. The van der Waals surface area contributed by atoms with Crippen LogP contribution in [0.5, 0.6) is 0 Å². The van der Waals surface area contributed by atoms with E-state index >= 15 is 0 Å². The molecular weight excluding hydrogens is 242 g/mol. The van der Waals surface area contributed by atoms with Crippen LogP contribution < -0.4 is 5.32 Å². The Balaban J connectivity index is 1.93. The Bertz CT molecular complexity index is 526. The molecule has 0 aromatic heterocycles. The third kappa shape index (κ3) is 4.50. The smallest absolute Gasteiger partial charge is 0.0205 e. The third-order valence-corrected chi connectivity index (χ3v) is 3.53. The Hall–Kier alpha value is -1.60. The molecule has 0 aliphatic heterocycles. The van der Waals surface area contributed by atoms with E-state index < -0.39 is 0 Å². The number of benzene rings is 2. The molecule has 2 aromatic rings. The number of hydrogen-bond acceptors (Lipinski definition) is 1. The molecule has 1 nitrogen and oxygen atoms in total. The minimum Gasteiger partial charge on any atom is -0.313 e. The molecule has 0 amide bonds.